The number of alkyl halides is 2. The lowest BCUT2D eigenvalue weighted by molar-refractivity contribution is -0.0510. The van der Waals surface area contributed by atoms with E-state index in [2.05, 4.69) is 20.7 Å². The molecule has 0 N–H and O–H groups in total. The Morgan fingerprint density at radius 3 is 2.56 bits per heavy atom. The summed E-state index contributed by atoms with van der Waals surface area (Å²) in [5, 5.41) is 0.954. The van der Waals surface area contributed by atoms with Crippen LogP contribution in [0.2, 0.25) is 0 Å². The Hall–Kier alpha value is -1.23. The second-order valence-electron chi connectivity index (χ2n) is 3.12. The predicted molar refractivity (Wildman–Crippen MR) is 58.2 cm³/mol. The molecule has 0 spiro atoms. The van der Waals surface area contributed by atoms with Crippen molar-refractivity contribution in [1.82, 2.24) is 0 Å². The fourth-order valence-corrected chi connectivity index (χ4v) is 1.83. The van der Waals surface area contributed by atoms with Gasteiger partial charge in [0, 0.05) is 9.86 Å². The van der Waals surface area contributed by atoms with Crippen molar-refractivity contribution in [3.63, 3.8) is 0 Å². The van der Waals surface area contributed by atoms with E-state index in [1.165, 1.54) is 12.1 Å². The molecule has 2 aromatic carbocycles. The Bertz CT molecular complexity index is 528. The van der Waals surface area contributed by atoms with Gasteiger partial charge in [-0.15, -0.1) is 0 Å². The molecular formula is C11H6BrF3O. The molecule has 0 fully saturated rings. The maximum absolute atomic E-state index is 13.3. The highest BCUT2D eigenvalue weighted by molar-refractivity contribution is 9.10. The van der Waals surface area contributed by atoms with Crippen molar-refractivity contribution < 1.29 is 17.9 Å². The van der Waals surface area contributed by atoms with E-state index in [1.54, 1.807) is 12.1 Å². The number of rotatable bonds is 2. The van der Waals surface area contributed by atoms with E-state index in [-0.39, 0.29) is 0 Å². The quantitative estimate of drug-likeness (QED) is 0.799. The van der Waals surface area contributed by atoms with Crippen LogP contribution in [0.15, 0.2) is 34.8 Å². The fourth-order valence-electron chi connectivity index (χ4n) is 1.45. The second kappa shape index (κ2) is 4.33. The first-order valence-corrected chi connectivity index (χ1v) is 5.20. The number of ether oxygens (including phenoxy) is 1. The molecule has 0 radical (unpaired) electrons. The summed E-state index contributed by atoms with van der Waals surface area (Å²) in [6.45, 7) is -3.04. The molecular weight excluding hydrogens is 285 g/mol. The minimum Gasteiger partial charge on any atom is -0.431 e. The third kappa shape index (κ3) is 2.14. The Morgan fingerprint density at radius 2 is 1.88 bits per heavy atom. The molecule has 84 valence electrons. The van der Waals surface area contributed by atoms with Gasteiger partial charge in [0.25, 0.3) is 0 Å². The number of benzene rings is 2. The van der Waals surface area contributed by atoms with Crippen LogP contribution >= 0.6 is 15.9 Å². The lowest BCUT2D eigenvalue weighted by Gasteiger charge is -2.09. The third-order valence-corrected chi connectivity index (χ3v) is 2.58. The molecule has 0 bridgehead atoms. The molecule has 0 atom stereocenters. The molecule has 0 aliphatic carbocycles. The SMILES string of the molecule is Fc1ccc2cc(Br)ccc2c1OC(F)F. The van der Waals surface area contributed by atoms with Gasteiger partial charge in [0.1, 0.15) is 0 Å². The molecule has 5 heteroatoms. The normalized spacial score (nSPS) is 11.1. The van der Waals surface area contributed by atoms with E-state index in [1.807, 2.05) is 0 Å². The summed E-state index contributed by atoms with van der Waals surface area (Å²) in [5.41, 5.74) is 0. The average Bonchev–Trinajstić information content (AvgIpc) is 2.22. The minimum atomic E-state index is -3.04. The first kappa shape index (κ1) is 11.3. The highest BCUT2D eigenvalue weighted by atomic mass is 79.9. The average molecular weight is 291 g/mol. The number of hydrogen-bond donors (Lipinski definition) is 0. The zero-order valence-corrected chi connectivity index (χ0v) is 9.47. The highest BCUT2D eigenvalue weighted by Crippen LogP contribution is 2.31. The molecule has 0 aliphatic heterocycles. The van der Waals surface area contributed by atoms with Crippen molar-refractivity contribution in [3.05, 3.63) is 40.6 Å². The lowest BCUT2D eigenvalue weighted by atomic mass is 10.1. The minimum absolute atomic E-state index is 0.323. The summed E-state index contributed by atoms with van der Waals surface area (Å²) in [7, 11) is 0. The smallest absolute Gasteiger partial charge is 0.387 e. The van der Waals surface area contributed by atoms with Gasteiger partial charge in [-0.05, 0) is 29.7 Å². The third-order valence-electron chi connectivity index (χ3n) is 2.09. The van der Waals surface area contributed by atoms with Crippen LogP contribution in [0.3, 0.4) is 0 Å². The van der Waals surface area contributed by atoms with Crippen LogP contribution in [0.4, 0.5) is 13.2 Å². The van der Waals surface area contributed by atoms with Crippen LogP contribution in [0.1, 0.15) is 0 Å². The molecule has 0 saturated heterocycles. The Morgan fingerprint density at radius 1 is 1.12 bits per heavy atom. The Kier molecular flexibility index (Phi) is 3.05. The van der Waals surface area contributed by atoms with Gasteiger partial charge >= 0.3 is 6.61 Å². The van der Waals surface area contributed by atoms with Crippen molar-refractivity contribution in [1.29, 1.82) is 0 Å². The van der Waals surface area contributed by atoms with E-state index < -0.39 is 18.2 Å². The van der Waals surface area contributed by atoms with Crippen molar-refractivity contribution in [2.45, 2.75) is 6.61 Å². The van der Waals surface area contributed by atoms with E-state index >= 15 is 0 Å². The molecule has 0 heterocycles. The van der Waals surface area contributed by atoms with E-state index in [4.69, 9.17) is 0 Å². The van der Waals surface area contributed by atoms with Gasteiger partial charge in [0.05, 0.1) is 0 Å². The molecule has 2 rings (SSSR count). The first-order chi connectivity index (χ1) is 7.58. The summed E-state index contributed by atoms with van der Waals surface area (Å²) in [6.07, 6.45) is 0. The Balaban J connectivity index is 2.64. The molecule has 2 aromatic rings. The number of halogens is 4. The largest absolute Gasteiger partial charge is 0.431 e. The second-order valence-corrected chi connectivity index (χ2v) is 4.04. The van der Waals surface area contributed by atoms with Crippen LogP contribution < -0.4 is 4.74 Å². The van der Waals surface area contributed by atoms with Gasteiger partial charge < -0.3 is 4.74 Å². The van der Waals surface area contributed by atoms with Crippen LogP contribution in [0, 0.1) is 5.82 Å². The van der Waals surface area contributed by atoms with Gasteiger partial charge in [-0.2, -0.15) is 8.78 Å². The fraction of sp³-hybridized carbons (Fsp3) is 0.0909. The zero-order chi connectivity index (χ0) is 11.7. The monoisotopic (exact) mass is 290 g/mol. The maximum Gasteiger partial charge on any atom is 0.387 e. The summed E-state index contributed by atoms with van der Waals surface area (Å²) >= 11 is 3.24. The molecule has 0 unspecified atom stereocenters. The molecule has 1 nitrogen and oxygen atoms in total. The highest BCUT2D eigenvalue weighted by Gasteiger charge is 2.13. The van der Waals surface area contributed by atoms with Gasteiger partial charge in [0.2, 0.25) is 0 Å². The van der Waals surface area contributed by atoms with Crippen LogP contribution in [0.5, 0.6) is 5.75 Å². The molecule has 16 heavy (non-hydrogen) atoms. The number of fused-ring (bicyclic) bond motifs is 1. The van der Waals surface area contributed by atoms with Gasteiger partial charge in [-0.1, -0.05) is 22.0 Å². The molecule has 0 aromatic heterocycles. The standard InChI is InChI=1S/C11H6BrF3O/c12-7-2-3-8-6(5-7)1-4-9(13)10(8)16-11(14)15/h1-5,11H. The zero-order valence-electron chi connectivity index (χ0n) is 7.88. The number of hydrogen-bond acceptors (Lipinski definition) is 1. The summed E-state index contributed by atoms with van der Waals surface area (Å²) in [5.74, 6) is -1.21. The summed E-state index contributed by atoms with van der Waals surface area (Å²) in [4.78, 5) is 0. The van der Waals surface area contributed by atoms with E-state index in [0.29, 0.717) is 10.8 Å². The van der Waals surface area contributed by atoms with Gasteiger partial charge in [0.15, 0.2) is 11.6 Å². The summed E-state index contributed by atoms with van der Waals surface area (Å²) < 4.78 is 42.5. The molecule has 0 aliphatic rings. The van der Waals surface area contributed by atoms with Crippen LogP contribution in [-0.2, 0) is 0 Å². The topological polar surface area (TPSA) is 9.23 Å². The van der Waals surface area contributed by atoms with E-state index in [0.717, 1.165) is 10.5 Å². The molecule has 0 saturated carbocycles. The Labute approximate surface area is 98.0 Å². The van der Waals surface area contributed by atoms with Crippen molar-refractivity contribution in [2.24, 2.45) is 0 Å². The van der Waals surface area contributed by atoms with Crippen LogP contribution in [-0.4, -0.2) is 6.61 Å². The molecule has 0 amide bonds. The van der Waals surface area contributed by atoms with E-state index in [9.17, 15) is 13.2 Å². The van der Waals surface area contributed by atoms with Crippen molar-refractivity contribution >= 4 is 26.7 Å². The summed E-state index contributed by atoms with van der Waals surface area (Å²) in [6, 6.07) is 7.48. The van der Waals surface area contributed by atoms with Gasteiger partial charge in [-0.3, -0.25) is 0 Å². The predicted octanol–water partition coefficient (Wildman–Crippen LogP) is 4.34. The van der Waals surface area contributed by atoms with Crippen LogP contribution in [0.25, 0.3) is 10.8 Å². The lowest BCUT2D eigenvalue weighted by Crippen LogP contribution is -2.04. The maximum atomic E-state index is 13.3. The van der Waals surface area contributed by atoms with Gasteiger partial charge in [-0.25, -0.2) is 4.39 Å². The first-order valence-electron chi connectivity index (χ1n) is 4.40. The van der Waals surface area contributed by atoms with Crippen molar-refractivity contribution in [3.8, 4) is 5.75 Å². The van der Waals surface area contributed by atoms with Crippen molar-refractivity contribution in [2.75, 3.05) is 0 Å².